The zero-order valence-corrected chi connectivity index (χ0v) is 13.8. The summed E-state index contributed by atoms with van der Waals surface area (Å²) in [5, 5.41) is 3.54. The molecule has 0 amide bonds. The average Bonchev–Trinajstić information content (AvgIpc) is 3.06. The van der Waals surface area contributed by atoms with E-state index in [0.29, 0.717) is 4.90 Å². The van der Waals surface area contributed by atoms with E-state index in [2.05, 4.69) is 17.2 Å². The molecule has 1 fully saturated rings. The lowest BCUT2D eigenvalue weighted by Crippen LogP contribution is -2.35. The number of benzene rings is 1. The minimum Gasteiger partial charge on any atom is -0.471 e. The minimum absolute atomic E-state index is 0.137. The first-order chi connectivity index (χ1) is 11.0. The lowest BCUT2D eigenvalue weighted by Gasteiger charge is -2.28. The Labute approximate surface area is 136 Å². The molecular weight excluding hydrogens is 310 g/mol. The molecule has 4 nitrogen and oxygen atoms in total. The second-order valence-electron chi connectivity index (χ2n) is 5.83. The van der Waals surface area contributed by atoms with Gasteiger partial charge in [-0.25, -0.2) is 8.42 Å². The van der Waals surface area contributed by atoms with Crippen LogP contribution in [-0.2, 0) is 9.84 Å². The molecule has 0 bridgehead atoms. The molecule has 0 spiro atoms. The van der Waals surface area contributed by atoms with Gasteiger partial charge in [0, 0.05) is 12.3 Å². The van der Waals surface area contributed by atoms with Crippen LogP contribution in [0.3, 0.4) is 0 Å². The molecule has 1 aliphatic heterocycles. The van der Waals surface area contributed by atoms with Gasteiger partial charge in [0.05, 0.1) is 22.8 Å². The molecule has 0 radical (unpaired) electrons. The van der Waals surface area contributed by atoms with Gasteiger partial charge in [-0.3, -0.25) is 5.32 Å². The maximum atomic E-state index is 11.5. The van der Waals surface area contributed by atoms with E-state index in [-0.39, 0.29) is 12.1 Å². The molecule has 5 heteroatoms. The van der Waals surface area contributed by atoms with E-state index >= 15 is 0 Å². The van der Waals surface area contributed by atoms with Crippen molar-refractivity contribution in [1.82, 2.24) is 5.32 Å². The van der Waals surface area contributed by atoms with Gasteiger partial charge in [-0.15, -0.1) is 0 Å². The highest BCUT2D eigenvalue weighted by molar-refractivity contribution is 7.90. The monoisotopic (exact) mass is 329 g/mol. The van der Waals surface area contributed by atoms with Crippen LogP contribution in [0.4, 0.5) is 0 Å². The van der Waals surface area contributed by atoms with Crippen LogP contribution >= 0.6 is 0 Å². The summed E-state index contributed by atoms with van der Waals surface area (Å²) in [7, 11) is -3.15. The van der Waals surface area contributed by atoms with E-state index in [9.17, 15) is 8.42 Å². The smallest absolute Gasteiger partial charge is 0.175 e. The molecule has 1 aliphatic rings. The summed E-state index contributed by atoms with van der Waals surface area (Å²) in [5.74, 6) is 6.35. The zero-order valence-electron chi connectivity index (χ0n) is 13.0. The first-order valence-electron chi connectivity index (χ1n) is 7.62. The van der Waals surface area contributed by atoms with Crippen molar-refractivity contribution in [3.05, 3.63) is 54.0 Å². The fourth-order valence-corrected chi connectivity index (χ4v) is 3.40. The molecule has 23 heavy (non-hydrogen) atoms. The van der Waals surface area contributed by atoms with Crippen LogP contribution in [0, 0.1) is 11.8 Å². The van der Waals surface area contributed by atoms with Gasteiger partial charge >= 0.3 is 0 Å². The van der Waals surface area contributed by atoms with Crippen molar-refractivity contribution in [2.45, 2.75) is 36.2 Å². The Morgan fingerprint density at radius 1 is 1.17 bits per heavy atom. The highest BCUT2D eigenvalue weighted by atomic mass is 32.2. The van der Waals surface area contributed by atoms with Gasteiger partial charge in [-0.1, -0.05) is 24.0 Å². The maximum Gasteiger partial charge on any atom is 0.175 e. The van der Waals surface area contributed by atoms with E-state index in [0.717, 1.165) is 30.4 Å². The van der Waals surface area contributed by atoms with E-state index in [1.165, 1.54) is 6.26 Å². The number of furan rings is 1. The summed E-state index contributed by atoms with van der Waals surface area (Å²) in [6.45, 7) is 0. The molecule has 1 aromatic heterocycles. The van der Waals surface area contributed by atoms with Crippen LogP contribution in [0.2, 0.25) is 0 Å². The van der Waals surface area contributed by atoms with Crippen molar-refractivity contribution in [2.75, 3.05) is 6.26 Å². The molecule has 0 saturated carbocycles. The maximum absolute atomic E-state index is 11.5. The molecule has 2 atom stereocenters. The Morgan fingerprint density at radius 2 is 1.96 bits per heavy atom. The molecule has 1 N–H and O–H groups in total. The second-order valence-corrected chi connectivity index (χ2v) is 7.84. The number of hydrogen-bond acceptors (Lipinski definition) is 4. The lowest BCUT2D eigenvalue weighted by molar-refractivity contribution is 0.370. The van der Waals surface area contributed by atoms with Crippen LogP contribution in [-0.4, -0.2) is 20.7 Å². The fraction of sp³-hybridized carbons (Fsp3) is 0.333. The van der Waals surface area contributed by atoms with Crippen molar-refractivity contribution in [3.8, 4) is 11.8 Å². The van der Waals surface area contributed by atoms with E-state index in [1.807, 2.05) is 18.2 Å². The molecule has 3 rings (SSSR count). The number of sulfone groups is 1. The van der Waals surface area contributed by atoms with Gasteiger partial charge in [0.1, 0.15) is 6.26 Å². The summed E-state index contributed by atoms with van der Waals surface area (Å²) in [4.78, 5) is 0.355. The van der Waals surface area contributed by atoms with Crippen LogP contribution in [0.25, 0.3) is 0 Å². The summed E-state index contributed by atoms with van der Waals surface area (Å²) in [5.41, 5.74) is 1.98. The quantitative estimate of drug-likeness (QED) is 0.861. The van der Waals surface area contributed by atoms with Crippen LogP contribution in [0.15, 0.2) is 52.2 Å². The van der Waals surface area contributed by atoms with Gasteiger partial charge in [0.25, 0.3) is 0 Å². The SMILES string of the molecule is CS(=O)(=O)c1ccc(C2CCCC(C#Cc3ccoc3)N2)cc1. The number of nitrogens with one attached hydrogen (secondary N) is 1. The number of hydrogen-bond donors (Lipinski definition) is 1. The minimum atomic E-state index is -3.15. The highest BCUT2D eigenvalue weighted by Crippen LogP contribution is 2.26. The van der Waals surface area contributed by atoms with Crippen LogP contribution < -0.4 is 5.32 Å². The third-order valence-corrected chi connectivity index (χ3v) is 5.14. The lowest BCUT2D eigenvalue weighted by atomic mass is 9.93. The van der Waals surface area contributed by atoms with Crippen molar-refractivity contribution in [2.24, 2.45) is 0 Å². The predicted molar refractivity (Wildman–Crippen MR) is 88.7 cm³/mol. The molecular formula is C18H19NO3S. The number of rotatable bonds is 2. The molecule has 2 aromatic rings. The Kier molecular flexibility index (Phi) is 4.56. The first kappa shape index (κ1) is 15.9. The van der Waals surface area contributed by atoms with Gasteiger partial charge in [-0.05, 0) is 43.0 Å². The molecule has 120 valence electrons. The molecule has 0 aliphatic carbocycles. The average molecular weight is 329 g/mol. The summed E-state index contributed by atoms with van der Waals surface area (Å²) < 4.78 is 28.1. The molecule has 1 saturated heterocycles. The summed E-state index contributed by atoms with van der Waals surface area (Å²) >= 11 is 0. The van der Waals surface area contributed by atoms with Crippen LogP contribution in [0.1, 0.15) is 36.4 Å². The second kappa shape index (κ2) is 6.61. The van der Waals surface area contributed by atoms with Crippen molar-refractivity contribution < 1.29 is 12.8 Å². The summed E-state index contributed by atoms with van der Waals surface area (Å²) in [6, 6.07) is 9.32. The Bertz CT molecular complexity index is 811. The van der Waals surface area contributed by atoms with E-state index in [1.54, 1.807) is 24.7 Å². The van der Waals surface area contributed by atoms with Crippen LogP contribution in [0.5, 0.6) is 0 Å². The standard InChI is InChI=1S/C18H19NO3S/c1-23(20,21)17-9-6-15(7-10-17)18-4-2-3-16(19-18)8-5-14-11-12-22-13-14/h6-7,9-13,16,18-19H,2-4H2,1H3. The van der Waals surface area contributed by atoms with Gasteiger partial charge < -0.3 is 4.42 Å². The van der Waals surface area contributed by atoms with Gasteiger partial charge in [0.15, 0.2) is 9.84 Å². The topological polar surface area (TPSA) is 59.3 Å². The molecule has 2 heterocycles. The third-order valence-electron chi connectivity index (χ3n) is 4.01. The predicted octanol–water partition coefficient (Wildman–Crippen LogP) is 2.92. The van der Waals surface area contributed by atoms with Crippen molar-refractivity contribution in [1.29, 1.82) is 0 Å². The fourth-order valence-electron chi connectivity index (χ4n) is 2.77. The summed E-state index contributed by atoms with van der Waals surface area (Å²) in [6.07, 6.45) is 7.62. The normalized spacial score (nSPS) is 21.4. The molecule has 1 aromatic carbocycles. The Balaban J connectivity index is 1.71. The third kappa shape index (κ3) is 4.04. The Morgan fingerprint density at radius 3 is 2.61 bits per heavy atom. The highest BCUT2D eigenvalue weighted by Gasteiger charge is 2.21. The zero-order chi connectivity index (χ0) is 16.3. The van der Waals surface area contributed by atoms with E-state index in [4.69, 9.17) is 4.42 Å². The van der Waals surface area contributed by atoms with E-state index < -0.39 is 9.84 Å². The van der Waals surface area contributed by atoms with Gasteiger partial charge in [-0.2, -0.15) is 0 Å². The van der Waals surface area contributed by atoms with Crippen molar-refractivity contribution >= 4 is 9.84 Å². The van der Waals surface area contributed by atoms with Gasteiger partial charge in [0.2, 0.25) is 0 Å². The largest absolute Gasteiger partial charge is 0.471 e. The van der Waals surface area contributed by atoms with Crippen molar-refractivity contribution in [3.63, 3.8) is 0 Å². The first-order valence-corrected chi connectivity index (χ1v) is 9.51. The number of piperidine rings is 1. The Hall–Kier alpha value is -2.03. The molecule has 2 unspecified atom stereocenters.